The predicted octanol–water partition coefficient (Wildman–Crippen LogP) is 3.00. The van der Waals surface area contributed by atoms with Crippen LogP contribution < -0.4 is 4.74 Å². The summed E-state index contributed by atoms with van der Waals surface area (Å²) >= 11 is 9.17. The molecule has 4 heteroatoms. The SMILES string of the molecule is OC1CC(Oc2ccc(Cl)cc2Br)C1. The maximum absolute atomic E-state index is 9.10. The third-order valence-electron chi connectivity index (χ3n) is 2.26. The fourth-order valence-electron chi connectivity index (χ4n) is 1.38. The monoisotopic (exact) mass is 276 g/mol. The van der Waals surface area contributed by atoms with Gasteiger partial charge in [-0.2, -0.15) is 0 Å². The zero-order valence-electron chi connectivity index (χ0n) is 7.41. The van der Waals surface area contributed by atoms with Crippen LogP contribution in [-0.2, 0) is 0 Å². The highest BCUT2D eigenvalue weighted by Crippen LogP contribution is 2.32. The average molecular weight is 278 g/mol. The summed E-state index contributed by atoms with van der Waals surface area (Å²) in [7, 11) is 0. The molecule has 0 unspecified atom stereocenters. The zero-order chi connectivity index (χ0) is 10.1. The van der Waals surface area contributed by atoms with Gasteiger partial charge in [0.15, 0.2) is 0 Å². The molecule has 2 rings (SSSR count). The molecular weight excluding hydrogens is 267 g/mol. The van der Waals surface area contributed by atoms with Gasteiger partial charge >= 0.3 is 0 Å². The van der Waals surface area contributed by atoms with E-state index in [4.69, 9.17) is 21.4 Å². The lowest BCUT2D eigenvalue weighted by molar-refractivity contribution is -0.0111. The largest absolute Gasteiger partial charge is 0.489 e. The first-order chi connectivity index (χ1) is 6.65. The van der Waals surface area contributed by atoms with Crippen molar-refractivity contribution in [3.05, 3.63) is 27.7 Å². The second-order valence-corrected chi connectivity index (χ2v) is 4.73. The van der Waals surface area contributed by atoms with Crippen LogP contribution in [0.4, 0.5) is 0 Å². The Morgan fingerprint density at radius 1 is 1.43 bits per heavy atom. The highest BCUT2D eigenvalue weighted by molar-refractivity contribution is 9.10. The van der Waals surface area contributed by atoms with Crippen molar-refractivity contribution in [2.75, 3.05) is 0 Å². The Balaban J connectivity index is 2.02. The number of aliphatic hydroxyl groups excluding tert-OH is 1. The lowest BCUT2D eigenvalue weighted by Gasteiger charge is -2.31. The standard InChI is InChI=1S/C10H10BrClO2/c11-9-3-6(12)1-2-10(9)14-8-4-7(13)5-8/h1-3,7-8,13H,4-5H2. The van der Waals surface area contributed by atoms with Crippen LogP contribution in [0.1, 0.15) is 12.8 Å². The molecule has 0 aromatic heterocycles. The molecule has 14 heavy (non-hydrogen) atoms. The number of rotatable bonds is 2. The first-order valence-corrected chi connectivity index (χ1v) is 5.62. The van der Waals surface area contributed by atoms with E-state index in [0.29, 0.717) is 5.02 Å². The third-order valence-corrected chi connectivity index (χ3v) is 3.11. The molecule has 0 atom stereocenters. The topological polar surface area (TPSA) is 29.5 Å². The maximum Gasteiger partial charge on any atom is 0.134 e. The van der Waals surface area contributed by atoms with Gasteiger partial charge in [0.2, 0.25) is 0 Å². The van der Waals surface area contributed by atoms with Gasteiger partial charge in [-0.3, -0.25) is 0 Å². The van der Waals surface area contributed by atoms with Crippen molar-refractivity contribution < 1.29 is 9.84 Å². The van der Waals surface area contributed by atoms with E-state index in [9.17, 15) is 0 Å². The summed E-state index contributed by atoms with van der Waals surface area (Å²) in [5.41, 5.74) is 0. The Hall–Kier alpha value is -0.250. The average Bonchev–Trinajstić information content (AvgIpc) is 2.06. The molecule has 1 aliphatic rings. The third kappa shape index (κ3) is 2.22. The molecular formula is C10H10BrClO2. The number of ether oxygens (including phenoxy) is 1. The van der Waals surface area contributed by atoms with Crippen LogP contribution in [0.3, 0.4) is 0 Å². The molecule has 1 aliphatic carbocycles. The van der Waals surface area contributed by atoms with Crippen LogP contribution in [0.15, 0.2) is 22.7 Å². The summed E-state index contributed by atoms with van der Waals surface area (Å²) in [5, 5.41) is 9.78. The van der Waals surface area contributed by atoms with Crippen LogP contribution in [0.5, 0.6) is 5.75 Å². The Kier molecular flexibility index (Phi) is 3.00. The molecule has 1 aromatic rings. The molecule has 1 fully saturated rings. The van der Waals surface area contributed by atoms with Gasteiger partial charge in [0.05, 0.1) is 10.6 Å². The van der Waals surface area contributed by atoms with Crippen molar-refractivity contribution in [2.45, 2.75) is 25.0 Å². The van der Waals surface area contributed by atoms with Crippen molar-refractivity contribution in [2.24, 2.45) is 0 Å². The van der Waals surface area contributed by atoms with Gasteiger partial charge in [0.25, 0.3) is 0 Å². The van der Waals surface area contributed by atoms with Crippen molar-refractivity contribution in [1.29, 1.82) is 0 Å². The number of aliphatic hydroxyl groups is 1. The van der Waals surface area contributed by atoms with Crippen molar-refractivity contribution >= 4 is 27.5 Å². The van der Waals surface area contributed by atoms with Gasteiger partial charge in [-0.25, -0.2) is 0 Å². The van der Waals surface area contributed by atoms with Gasteiger partial charge in [0.1, 0.15) is 11.9 Å². The smallest absolute Gasteiger partial charge is 0.134 e. The maximum atomic E-state index is 9.10. The molecule has 2 nitrogen and oxygen atoms in total. The van der Waals surface area contributed by atoms with Gasteiger partial charge in [0, 0.05) is 17.9 Å². The molecule has 0 amide bonds. The molecule has 0 heterocycles. The number of hydrogen-bond acceptors (Lipinski definition) is 2. The Labute approximate surface area is 96.0 Å². The quantitative estimate of drug-likeness (QED) is 0.900. The second-order valence-electron chi connectivity index (χ2n) is 3.44. The number of benzene rings is 1. The van der Waals surface area contributed by atoms with Gasteiger partial charge in [-0.1, -0.05) is 11.6 Å². The van der Waals surface area contributed by atoms with Crippen molar-refractivity contribution in [3.63, 3.8) is 0 Å². The van der Waals surface area contributed by atoms with Gasteiger partial charge in [-0.05, 0) is 34.1 Å². The van der Waals surface area contributed by atoms with E-state index in [0.717, 1.165) is 23.1 Å². The normalized spacial score (nSPS) is 25.6. The highest BCUT2D eigenvalue weighted by Gasteiger charge is 2.29. The Bertz CT molecular complexity index is 337. The second kappa shape index (κ2) is 4.09. The molecule has 0 radical (unpaired) electrons. The zero-order valence-corrected chi connectivity index (χ0v) is 9.75. The van der Waals surface area contributed by atoms with E-state index in [2.05, 4.69) is 15.9 Å². The fourth-order valence-corrected chi connectivity index (χ4v) is 2.16. The van der Waals surface area contributed by atoms with Crippen LogP contribution in [0.2, 0.25) is 5.02 Å². The molecule has 0 spiro atoms. The van der Waals surface area contributed by atoms with Crippen LogP contribution >= 0.6 is 27.5 Å². The first kappa shape index (κ1) is 10.3. The minimum absolute atomic E-state index is 0.141. The van der Waals surface area contributed by atoms with Gasteiger partial charge in [-0.15, -0.1) is 0 Å². The number of hydrogen-bond donors (Lipinski definition) is 1. The van der Waals surface area contributed by atoms with Crippen LogP contribution in [0.25, 0.3) is 0 Å². The van der Waals surface area contributed by atoms with E-state index in [1.807, 2.05) is 6.07 Å². The fraction of sp³-hybridized carbons (Fsp3) is 0.400. The molecule has 0 bridgehead atoms. The van der Waals surface area contributed by atoms with Gasteiger partial charge < -0.3 is 9.84 Å². The van der Waals surface area contributed by atoms with Crippen molar-refractivity contribution in [3.8, 4) is 5.75 Å². The Morgan fingerprint density at radius 2 is 2.14 bits per heavy atom. The summed E-state index contributed by atoms with van der Waals surface area (Å²) in [6.45, 7) is 0. The molecule has 1 aromatic carbocycles. The first-order valence-electron chi connectivity index (χ1n) is 4.45. The Morgan fingerprint density at radius 3 is 2.71 bits per heavy atom. The minimum atomic E-state index is -0.189. The molecule has 0 saturated heterocycles. The van der Waals surface area contributed by atoms with Crippen LogP contribution in [-0.4, -0.2) is 17.3 Å². The highest BCUT2D eigenvalue weighted by atomic mass is 79.9. The van der Waals surface area contributed by atoms with Crippen LogP contribution in [0, 0.1) is 0 Å². The minimum Gasteiger partial charge on any atom is -0.489 e. The summed E-state index contributed by atoms with van der Waals surface area (Å²) < 4.78 is 6.49. The van der Waals surface area contributed by atoms with E-state index in [1.54, 1.807) is 12.1 Å². The molecule has 76 valence electrons. The predicted molar refractivity (Wildman–Crippen MR) is 58.8 cm³/mol. The summed E-state index contributed by atoms with van der Waals surface area (Å²) in [4.78, 5) is 0. The van der Waals surface area contributed by atoms with Crippen molar-refractivity contribution in [1.82, 2.24) is 0 Å². The van der Waals surface area contributed by atoms with E-state index in [-0.39, 0.29) is 12.2 Å². The lowest BCUT2D eigenvalue weighted by atomic mass is 9.92. The summed E-state index contributed by atoms with van der Waals surface area (Å²) in [6.07, 6.45) is 1.39. The van der Waals surface area contributed by atoms with E-state index >= 15 is 0 Å². The lowest BCUT2D eigenvalue weighted by Crippen LogP contribution is -2.37. The van der Waals surface area contributed by atoms with E-state index in [1.165, 1.54) is 0 Å². The summed E-state index contributed by atoms with van der Waals surface area (Å²) in [5.74, 6) is 0.784. The number of halogens is 2. The molecule has 0 aliphatic heterocycles. The summed E-state index contributed by atoms with van der Waals surface area (Å²) in [6, 6.07) is 5.42. The molecule has 1 saturated carbocycles. The van der Waals surface area contributed by atoms with E-state index < -0.39 is 0 Å². The molecule has 1 N–H and O–H groups in total.